The molecule has 0 bridgehead atoms. The highest BCUT2D eigenvalue weighted by Gasteiger charge is 2.25. The molecule has 1 aromatic carbocycles. The van der Waals surface area contributed by atoms with Crippen LogP contribution in [0.1, 0.15) is 53.6 Å². The van der Waals surface area contributed by atoms with Gasteiger partial charge in [0.1, 0.15) is 0 Å². The van der Waals surface area contributed by atoms with E-state index in [0.717, 1.165) is 18.4 Å². The number of nitrogens with zero attached hydrogens (tertiary/aromatic N) is 1. The molecule has 0 unspecified atom stereocenters. The van der Waals surface area contributed by atoms with Gasteiger partial charge in [-0.2, -0.15) is 0 Å². The summed E-state index contributed by atoms with van der Waals surface area (Å²) in [5, 5.41) is 0. The van der Waals surface area contributed by atoms with Gasteiger partial charge in [-0.25, -0.2) is 0 Å². The standard InChI is InChI=1S/C17H26N2O/c1-13-8-9-15(12-14(13)2)17(20)19(11-10-18)16-6-4-3-5-7-16/h8-9,12,16H,3-7,10-11,18H2,1-2H3. The molecule has 20 heavy (non-hydrogen) atoms. The number of rotatable bonds is 4. The van der Waals surface area contributed by atoms with Crippen molar-refractivity contribution in [3.63, 3.8) is 0 Å². The Labute approximate surface area is 122 Å². The molecule has 2 N–H and O–H groups in total. The number of carbonyl (C=O) groups excluding carboxylic acids is 1. The Morgan fingerprint density at radius 1 is 1.20 bits per heavy atom. The topological polar surface area (TPSA) is 46.3 Å². The minimum atomic E-state index is 0.144. The SMILES string of the molecule is Cc1ccc(C(=O)N(CCN)C2CCCCC2)cc1C. The van der Waals surface area contributed by atoms with E-state index in [2.05, 4.69) is 13.8 Å². The number of hydrogen-bond donors (Lipinski definition) is 1. The average molecular weight is 274 g/mol. The summed E-state index contributed by atoms with van der Waals surface area (Å²) in [6.45, 7) is 5.33. The zero-order valence-corrected chi connectivity index (χ0v) is 12.7. The molecule has 1 fully saturated rings. The van der Waals surface area contributed by atoms with Crippen LogP contribution >= 0.6 is 0 Å². The van der Waals surface area contributed by atoms with Crippen LogP contribution in [0.2, 0.25) is 0 Å². The number of amides is 1. The third-order valence-corrected chi connectivity index (χ3v) is 4.40. The Kier molecular flexibility index (Phi) is 5.18. The van der Waals surface area contributed by atoms with Crippen molar-refractivity contribution in [3.05, 3.63) is 34.9 Å². The number of aryl methyl sites for hydroxylation is 2. The van der Waals surface area contributed by atoms with Crippen LogP contribution in [-0.4, -0.2) is 29.9 Å². The number of hydrogen-bond acceptors (Lipinski definition) is 2. The van der Waals surface area contributed by atoms with Crippen molar-refractivity contribution in [2.45, 2.75) is 52.0 Å². The predicted molar refractivity (Wildman–Crippen MR) is 82.9 cm³/mol. The summed E-state index contributed by atoms with van der Waals surface area (Å²) in [4.78, 5) is 14.8. The van der Waals surface area contributed by atoms with Crippen molar-refractivity contribution in [1.82, 2.24) is 4.90 Å². The molecule has 1 aliphatic carbocycles. The lowest BCUT2D eigenvalue weighted by atomic mass is 9.93. The Balaban J connectivity index is 2.18. The summed E-state index contributed by atoms with van der Waals surface area (Å²) in [6, 6.07) is 6.35. The van der Waals surface area contributed by atoms with E-state index >= 15 is 0 Å². The van der Waals surface area contributed by atoms with Gasteiger partial charge in [0.2, 0.25) is 0 Å². The van der Waals surface area contributed by atoms with Gasteiger partial charge in [-0.3, -0.25) is 4.79 Å². The molecule has 3 nitrogen and oxygen atoms in total. The van der Waals surface area contributed by atoms with Crippen molar-refractivity contribution in [3.8, 4) is 0 Å². The van der Waals surface area contributed by atoms with Crippen LogP contribution in [0.25, 0.3) is 0 Å². The van der Waals surface area contributed by atoms with E-state index < -0.39 is 0 Å². The lowest BCUT2D eigenvalue weighted by molar-refractivity contribution is 0.0641. The Morgan fingerprint density at radius 2 is 1.90 bits per heavy atom. The maximum atomic E-state index is 12.8. The van der Waals surface area contributed by atoms with E-state index in [4.69, 9.17) is 5.73 Å². The summed E-state index contributed by atoms with van der Waals surface area (Å²) in [5.41, 5.74) is 8.91. The fraction of sp³-hybridized carbons (Fsp3) is 0.588. The molecule has 0 saturated heterocycles. The summed E-state index contributed by atoms with van der Waals surface area (Å²) < 4.78 is 0. The van der Waals surface area contributed by atoms with E-state index in [1.165, 1.54) is 30.4 Å². The smallest absolute Gasteiger partial charge is 0.254 e. The summed E-state index contributed by atoms with van der Waals surface area (Å²) in [6.07, 6.45) is 6.00. The second-order valence-electron chi connectivity index (χ2n) is 5.88. The normalized spacial score (nSPS) is 16.1. The van der Waals surface area contributed by atoms with Crippen LogP contribution in [0.4, 0.5) is 0 Å². The largest absolute Gasteiger partial charge is 0.334 e. The molecule has 1 amide bonds. The quantitative estimate of drug-likeness (QED) is 0.917. The van der Waals surface area contributed by atoms with Crippen LogP contribution < -0.4 is 5.73 Å². The van der Waals surface area contributed by atoms with Crippen LogP contribution in [-0.2, 0) is 0 Å². The maximum absolute atomic E-state index is 12.8. The van der Waals surface area contributed by atoms with E-state index in [9.17, 15) is 4.79 Å². The molecule has 0 aliphatic heterocycles. The van der Waals surface area contributed by atoms with Crippen molar-refractivity contribution in [2.75, 3.05) is 13.1 Å². The van der Waals surface area contributed by atoms with Gasteiger partial charge in [0.25, 0.3) is 5.91 Å². The van der Waals surface area contributed by atoms with Gasteiger partial charge in [-0.05, 0) is 49.9 Å². The summed E-state index contributed by atoms with van der Waals surface area (Å²) >= 11 is 0. The minimum Gasteiger partial charge on any atom is -0.334 e. The molecule has 0 atom stereocenters. The molecule has 1 saturated carbocycles. The van der Waals surface area contributed by atoms with Crippen molar-refractivity contribution >= 4 is 5.91 Å². The molecule has 1 aliphatic rings. The van der Waals surface area contributed by atoms with Crippen molar-refractivity contribution in [2.24, 2.45) is 5.73 Å². The van der Waals surface area contributed by atoms with Crippen molar-refractivity contribution < 1.29 is 4.79 Å². The first-order valence-corrected chi connectivity index (χ1v) is 7.71. The zero-order valence-electron chi connectivity index (χ0n) is 12.7. The first-order valence-electron chi connectivity index (χ1n) is 7.71. The van der Waals surface area contributed by atoms with Gasteiger partial charge >= 0.3 is 0 Å². The molecular weight excluding hydrogens is 248 g/mol. The van der Waals surface area contributed by atoms with Gasteiger partial charge in [-0.1, -0.05) is 25.3 Å². The number of nitrogens with two attached hydrogens (primary N) is 1. The van der Waals surface area contributed by atoms with Gasteiger partial charge in [0.15, 0.2) is 0 Å². The minimum absolute atomic E-state index is 0.144. The van der Waals surface area contributed by atoms with Crippen LogP contribution in [0.5, 0.6) is 0 Å². The highest BCUT2D eigenvalue weighted by Crippen LogP contribution is 2.24. The van der Waals surface area contributed by atoms with Gasteiger partial charge in [0, 0.05) is 24.7 Å². The highest BCUT2D eigenvalue weighted by atomic mass is 16.2. The monoisotopic (exact) mass is 274 g/mol. The van der Waals surface area contributed by atoms with Gasteiger partial charge in [-0.15, -0.1) is 0 Å². The molecule has 0 radical (unpaired) electrons. The molecule has 2 rings (SSSR count). The molecule has 110 valence electrons. The third kappa shape index (κ3) is 3.40. The highest BCUT2D eigenvalue weighted by molar-refractivity contribution is 5.94. The average Bonchev–Trinajstić information content (AvgIpc) is 2.48. The van der Waals surface area contributed by atoms with E-state index in [0.29, 0.717) is 19.1 Å². The van der Waals surface area contributed by atoms with Crippen LogP contribution in [0, 0.1) is 13.8 Å². The fourth-order valence-electron chi connectivity index (χ4n) is 3.02. The van der Waals surface area contributed by atoms with Crippen LogP contribution in [0.15, 0.2) is 18.2 Å². The lowest BCUT2D eigenvalue weighted by Gasteiger charge is -2.34. The molecule has 0 aromatic heterocycles. The predicted octanol–water partition coefficient (Wildman–Crippen LogP) is 3.04. The van der Waals surface area contributed by atoms with Gasteiger partial charge in [0.05, 0.1) is 0 Å². The Bertz CT molecular complexity index is 464. The summed E-state index contributed by atoms with van der Waals surface area (Å²) in [7, 11) is 0. The van der Waals surface area contributed by atoms with Crippen LogP contribution in [0.3, 0.4) is 0 Å². The van der Waals surface area contributed by atoms with E-state index in [-0.39, 0.29) is 5.91 Å². The first-order chi connectivity index (χ1) is 9.63. The summed E-state index contributed by atoms with van der Waals surface area (Å²) in [5.74, 6) is 0.144. The van der Waals surface area contributed by atoms with E-state index in [1.54, 1.807) is 0 Å². The second-order valence-corrected chi connectivity index (χ2v) is 5.88. The third-order valence-electron chi connectivity index (χ3n) is 4.40. The number of carbonyl (C=O) groups is 1. The lowest BCUT2D eigenvalue weighted by Crippen LogP contribution is -2.44. The fourth-order valence-corrected chi connectivity index (χ4v) is 3.02. The molecule has 0 spiro atoms. The zero-order chi connectivity index (χ0) is 14.5. The maximum Gasteiger partial charge on any atom is 0.254 e. The van der Waals surface area contributed by atoms with Crippen molar-refractivity contribution in [1.29, 1.82) is 0 Å². The molecule has 0 heterocycles. The molecule has 1 aromatic rings. The Hall–Kier alpha value is -1.35. The molecular formula is C17H26N2O. The number of benzene rings is 1. The van der Waals surface area contributed by atoms with Gasteiger partial charge < -0.3 is 10.6 Å². The van der Waals surface area contributed by atoms with E-state index in [1.807, 2.05) is 23.1 Å². The first kappa shape index (κ1) is 15.0. The Morgan fingerprint density at radius 3 is 2.50 bits per heavy atom. The molecule has 3 heteroatoms. The second kappa shape index (κ2) is 6.89.